The molecule has 4 heteroatoms. The van der Waals surface area contributed by atoms with Crippen molar-refractivity contribution in [3.63, 3.8) is 0 Å². The fourth-order valence-corrected chi connectivity index (χ4v) is 2.67. The van der Waals surface area contributed by atoms with Crippen LogP contribution in [0.25, 0.3) is 0 Å². The molecule has 21 heavy (non-hydrogen) atoms. The number of hydrogen-bond acceptors (Lipinski definition) is 3. The molecule has 0 radical (unpaired) electrons. The average molecular weight is 290 g/mol. The normalized spacial score (nSPS) is 22.1. The van der Waals surface area contributed by atoms with E-state index >= 15 is 0 Å². The summed E-state index contributed by atoms with van der Waals surface area (Å²) in [5, 5.41) is 3.39. The molecule has 1 aromatic rings. The molecule has 1 aliphatic heterocycles. The van der Waals surface area contributed by atoms with Gasteiger partial charge in [0, 0.05) is 31.6 Å². The minimum absolute atomic E-state index is 0.240. The van der Waals surface area contributed by atoms with Crippen molar-refractivity contribution in [1.29, 1.82) is 0 Å². The van der Waals surface area contributed by atoms with Crippen molar-refractivity contribution in [2.75, 3.05) is 19.7 Å². The van der Waals surface area contributed by atoms with Gasteiger partial charge in [0.1, 0.15) is 5.75 Å². The van der Waals surface area contributed by atoms with Crippen molar-refractivity contribution in [2.24, 2.45) is 0 Å². The van der Waals surface area contributed by atoms with Crippen LogP contribution in [0.2, 0.25) is 0 Å². The summed E-state index contributed by atoms with van der Waals surface area (Å²) in [4.78, 5) is 14.3. The number of ether oxygens (including phenoxy) is 1. The van der Waals surface area contributed by atoms with Gasteiger partial charge in [0.25, 0.3) is 0 Å². The lowest BCUT2D eigenvalue weighted by molar-refractivity contribution is -0.135. The van der Waals surface area contributed by atoms with Gasteiger partial charge in [-0.3, -0.25) is 4.79 Å². The lowest BCUT2D eigenvalue weighted by Gasteiger charge is -2.38. The highest BCUT2D eigenvalue weighted by Gasteiger charge is 2.27. The maximum absolute atomic E-state index is 12.3. The SMILES string of the molecule is Cc1cccc(OCCCC(=O)N2CCNC(C)C2C)c1. The van der Waals surface area contributed by atoms with Crippen LogP contribution >= 0.6 is 0 Å². The van der Waals surface area contributed by atoms with E-state index in [1.54, 1.807) is 0 Å². The number of hydrogen-bond donors (Lipinski definition) is 1. The topological polar surface area (TPSA) is 41.6 Å². The fourth-order valence-electron chi connectivity index (χ4n) is 2.67. The number of aryl methyl sites for hydroxylation is 1. The van der Waals surface area contributed by atoms with Crippen LogP contribution in [-0.2, 0) is 4.79 Å². The molecule has 2 rings (SSSR count). The number of rotatable bonds is 5. The fraction of sp³-hybridized carbons (Fsp3) is 0.588. The van der Waals surface area contributed by atoms with Crippen LogP contribution in [0.3, 0.4) is 0 Å². The molecule has 0 aliphatic carbocycles. The molecule has 116 valence electrons. The second-order valence-electron chi connectivity index (χ2n) is 5.84. The van der Waals surface area contributed by atoms with Gasteiger partial charge in [0.15, 0.2) is 0 Å². The Hall–Kier alpha value is -1.55. The van der Waals surface area contributed by atoms with Gasteiger partial charge in [0.2, 0.25) is 5.91 Å². The van der Waals surface area contributed by atoms with Crippen molar-refractivity contribution in [1.82, 2.24) is 10.2 Å². The first kappa shape index (κ1) is 15.8. The predicted octanol–water partition coefficient (Wildman–Crippen LogP) is 2.36. The molecule has 1 N–H and O–H groups in total. The number of carbonyl (C=O) groups excluding carboxylic acids is 1. The van der Waals surface area contributed by atoms with Crippen molar-refractivity contribution in [2.45, 2.75) is 45.7 Å². The molecule has 0 bridgehead atoms. The smallest absolute Gasteiger partial charge is 0.223 e. The molecule has 2 atom stereocenters. The van der Waals surface area contributed by atoms with Crippen LogP contribution < -0.4 is 10.1 Å². The Morgan fingerprint density at radius 2 is 2.24 bits per heavy atom. The average Bonchev–Trinajstić information content (AvgIpc) is 2.46. The van der Waals surface area contributed by atoms with Crippen LogP contribution in [0.4, 0.5) is 0 Å². The highest BCUT2D eigenvalue weighted by molar-refractivity contribution is 5.76. The van der Waals surface area contributed by atoms with Gasteiger partial charge in [-0.2, -0.15) is 0 Å². The Bertz CT molecular complexity index is 476. The van der Waals surface area contributed by atoms with Crippen molar-refractivity contribution in [3.05, 3.63) is 29.8 Å². The molecule has 2 unspecified atom stereocenters. The lowest BCUT2D eigenvalue weighted by atomic mass is 10.1. The van der Waals surface area contributed by atoms with Gasteiger partial charge in [0.05, 0.1) is 6.61 Å². The number of carbonyl (C=O) groups is 1. The predicted molar refractivity (Wildman–Crippen MR) is 84.5 cm³/mol. The van der Waals surface area contributed by atoms with Gasteiger partial charge < -0.3 is 15.0 Å². The van der Waals surface area contributed by atoms with Crippen LogP contribution in [0.15, 0.2) is 24.3 Å². The highest BCUT2D eigenvalue weighted by atomic mass is 16.5. The standard InChI is InChI=1S/C17H26N2O2/c1-13-6-4-7-16(12-13)21-11-5-8-17(20)19-10-9-18-14(2)15(19)3/h4,6-7,12,14-15,18H,5,8-11H2,1-3H3. The number of amides is 1. The Balaban J connectivity index is 1.72. The van der Waals surface area contributed by atoms with Gasteiger partial charge in [-0.15, -0.1) is 0 Å². The van der Waals surface area contributed by atoms with Crippen molar-refractivity contribution in [3.8, 4) is 5.75 Å². The molecule has 1 aliphatic rings. The summed E-state index contributed by atoms with van der Waals surface area (Å²) in [5.74, 6) is 1.12. The van der Waals surface area contributed by atoms with Gasteiger partial charge in [-0.25, -0.2) is 0 Å². The molecule has 0 saturated carbocycles. The van der Waals surface area contributed by atoms with Crippen LogP contribution in [-0.4, -0.2) is 42.6 Å². The van der Waals surface area contributed by atoms with Gasteiger partial charge in [-0.05, 0) is 44.9 Å². The zero-order chi connectivity index (χ0) is 15.2. The number of nitrogens with zero attached hydrogens (tertiary/aromatic N) is 1. The maximum atomic E-state index is 12.3. The molecular weight excluding hydrogens is 264 g/mol. The molecule has 1 fully saturated rings. The van der Waals surface area contributed by atoms with E-state index in [4.69, 9.17) is 4.74 Å². The summed E-state index contributed by atoms with van der Waals surface area (Å²) in [5.41, 5.74) is 1.19. The second kappa shape index (κ2) is 7.46. The first-order chi connectivity index (χ1) is 10.1. The molecular formula is C17H26N2O2. The second-order valence-corrected chi connectivity index (χ2v) is 5.84. The lowest BCUT2D eigenvalue weighted by Crippen LogP contribution is -2.57. The van der Waals surface area contributed by atoms with E-state index in [-0.39, 0.29) is 11.9 Å². The summed E-state index contributed by atoms with van der Waals surface area (Å²) in [6.07, 6.45) is 1.32. The third-order valence-corrected chi connectivity index (χ3v) is 4.15. The monoisotopic (exact) mass is 290 g/mol. The van der Waals surface area contributed by atoms with Crippen LogP contribution in [0.1, 0.15) is 32.3 Å². The molecule has 0 spiro atoms. The third kappa shape index (κ3) is 4.46. The van der Waals surface area contributed by atoms with E-state index in [2.05, 4.69) is 19.2 Å². The Morgan fingerprint density at radius 3 is 3.00 bits per heavy atom. The van der Waals surface area contributed by atoms with Gasteiger partial charge in [-0.1, -0.05) is 12.1 Å². The Morgan fingerprint density at radius 1 is 1.43 bits per heavy atom. The molecule has 1 aromatic carbocycles. The zero-order valence-electron chi connectivity index (χ0n) is 13.3. The summed E-state index contributed by atoms with van der Waals surface area (Å²) in [6, 6.07) is 8.63. The van der Waals surface area contributed by atoms with E-state index < -0.39 is 0 Å². The first-order valence-corrected chi connectivity index (χ1v) is 7.80. The van der Waals surface area contributed by atoms with Crippen molar-refractivity contribution < 1.29 is 9.53 Å². The minimum atomic E-state index is 0.240. The molecule has 1 amide bonds. The number of piperazine rings is 1. The van der Waals surface area contributed by atoms with Crippen molar-refractivity contribution >= 4 is 5.91 Å². The largest absolute Gasteiger partial charge is 0.494 e. The summed E-state index contributed by atoms with van der Waals surface area (Å²) in [6.45, 7) is 8.57. The Labute approximate surface area is 127 Å². The summed E-state index contributed by atoms with van der Waals surface area (Å²) < 4.78 is 5.69. The third-order valence-electron chi connectivity index (χ3n) is 4.15. The highest BCUT2D eigenvalue weighted by Crippen LogP contribution is 2.14. The van der Waals surface area contributed by atoms with E-state index in [0.29, 0.717) is 19.1 Å². The molecule has 4 nitrogen and oxygen atoms in total. The quantitative estimate of drug-likeness (QED) is 0.847. The van der Waals surface area contributed by atoms with Crippen LogP contribution in [0.5, 0.6) is 5.75 Å². The minimum Gasteiger partial charge on any atom is -0.494 e. The first-order valence-electron chi connectivity index (χ1n) is 7.80. The number of nitrogens with one attached hydrogen (secondary N) is 1. The Kier molecular flexibility index (Phi) is 5.62. The van der Waals surface area contributed by atoms with E-state index in [1.165, 1.54) is 5.56 Å². The van der Waals surface area contributed by atoms with E-state index in [1.807, 2.05) is 36.1 Å². The summed E-state index contributed by atoms with van der Waals surface area (Å²) in [7, 11) is 0. The molecule has 1 saturated heterocycles. The number of benzene rings is 1. The van der Waals surface area contributed by atoms with Gasteiger partial charge >= 0.3 is 0 Å². The van der Waals surface area contributed by atoms with Crippen LogP contribution in [0, 0.1) is 6.92 Å². The summed E-state index contributed by atoms with van der Waals surface area (Å²) >= 11 is 0. The molecule has 0 aromatic heterocycles. The maximum Gasteiger partial charge on any atom is 0.223 e. The van der Waals surface area contributed by atoms with E-state index in [0.717, 1.165) is 25.3 Å². The molecule has 1 heterocycles. The van der Waals surface area contributed by atoms with E-state index in [9.17, 15) is 4.79 Å². The zero-order valence-corrected chi connectivity index (χ0v) is 13.3.